The molecule has 28 heavy (non-hydrogen) atoms. The molecule has 2 aromatic carbocycles. The van der Waals surface area contributed by atoms with Gasteiger partial charge in [0.25, 0.3) is 0 Å². The van der Waals surface area contributed by atoms with Crippen molar-refractivity contribution in [3.8, 4) is 0 Å². The molecular weight excluding hydrogens is 348 g/mol. The van der Waals surface area contributed by atoms with Gasteiger partial charge in [-0.05, 0) is 45.2 Å². The van der Waals surface area contributed by atoms with E-state index in [1.54, 1.807) is 4.90 Å². The van der Waals surface area contributed by atoms with Crippen LogP contribution in [0.3, 0.4) is 0 Å². The van der Waals surface area contributed by atoms with E-state index in [1.807, 2.05) is 83.1 Å². The molecular formula is C24H32N2O2. The summed E-state index contributed by atoms with van der Waals surface area (Å²) in [4.78, 5) is 27.9. The van der Waals surface area contributed by atoms with Crippen molar-refractivity contribution < 1.29 is 9.59 Å². The molecule has 1 atom stereocenters. The zero-order valence-electron chi connectivity index (χ0n) is 17.7. The lowest BCUT2D eigenvalue weighted by atomic mass is 10.0. The summed E-state index contributed by atoms with van der Waals surface area (Å²) in [7, 11) is 0. The Morgan fingerprint density at radius 2 is 1.64 bits per heavy atom. The van der Waals surface area contributed by atoms with E-state index in [-0.39, 0.29) is 23.8 Å². The van der Waals surface area contributed by atoms with E-state index < -0.39 is 6.04 Å². The molecule has 0 saturated carbocycles. The van der Waals surface area contributed by atoms with Crippen molar-refractivity contribution in [3.63, 3.8) is 0 Å². The standard InChI is InChI=1S/C24H32N2O2/c1-6-21(23(28)25-24(3,4)5)26(17-20-14-10-11-18(2)15-20)22(27)16-19-12-8-7-9-13-19/h7-15,21H,6,16-17H2,1-5H3,(H,25,28)/t21-/m0/s1. The third kappa shape index (κ3) is 6.52. The number of aryl methyl sites for hydroxylation is 1. The van der Waals surface area contributed by atoms with Crippen molar-refractivity contribution in [1.29, 1.82) is 0 Å². The second-order valence-corrected chi connectivity index (χ2v) is 8.34. The van der Waals surface area contributed by atoms with E-state index in [0.717, 1.165) is 16.7 Å². The van der Waals surface area contributed by atoms with E-state index in [9.17, 15) is 9.59 Å². The molecule has 2 aromatic rings. The van der Waals surface area contributed by atoms with E-state index >= 15 is 0 Å². The molecule has 2 rings (SSSR count). The highest BCUT2D eigenvalue weighted by atomic mass is 16.2. The quantitative estimate of drug-likeness (QED) is 0.780. The fraction of sp³-hybridized carbons (Fsp3) is 0.417. The molecule has 2 amide bonds. The molecule has 0 aliphatic heterocycles. The summed E-state index contributed by atoms with van der Waals surface area (Å²) >= 11 is 0. The highest BCUT2D eigenvalue weighted by molar-refractivity contribution is 5.88. The Bertz CT molecular complexity index is 794. The predicted octanol–water partition coefficient (Wildman–Crippen LogP) is 4.26. The predicted molar refractivity (Wildman–Crippen MR) is 114 cm³/mol. The number of hydrogen-bond acceptors (Lipinski definition) is 2. The normalized spacial score (nSPS) is 12.3. The van der Waals surface area contributed by atoms with Crippen LogP contribution in [0.5, 0.6) is 0 Å². The molecule has 0 heterocycles. The number of carbonyl (C=O) groups excluding carboxylic acids is 2. The van der Waals surface area contributed by atoms with Gasteiger partial charge in [-0.3, -0.25) is 9.59 Å². The summed E-state index contributed by atoms with van der Waals surface area (Å²) in [6.45, 7) is 10.3. The number of amides is 2. The summed E-state index contributed by atoms with van der Waals surface area (Å²) in [6, 6.07) is 17.3. The van der Waals surface area contributed by atoms with Gasteiger partial charge in [0.1, 0.15) is 6.04 Å². The minimum absolute atomic E-state index is 0.0383. The maximum atomic E-state index is 13.2. The van der Waals surface area contributed by atoms with E-state index in [2.05, 4.69) is 11.4 Å². The van der Waals surface area contributed by atoms with Crippen molar-refractivity contribution in [2.75, 3.05) is 0 Å². The summed E-state index contributed by atoms with van der Waals surface area (Å²) in [6.07, 6.45) is 0.847. The summed E-state index contributed by atoms with van der Waals surface area (Å²) in [5, 5.41) is 3.03. The Morgan fingerprint density at radius 1 is 1.00 bits per heavy atom. The van der Waals surface area contributed by atoms with Crippen molar-refractivity contribution >= 4 is 11.8 Å². The van der Waals surface area contributed by atoms with Crippen LogP contribution < -0.4 is 5.32 Å². The van der Waals surface area contributed by atoms with Gasteiger partial charge in [-0.2, -0.15) is 0 Å². The molecule has 0 radical (unpaired) electrons. The minimum atomic E-state index is -0.504. The number of carbonyl (C=O) groups is 2. The Balaban J connectivity index is 2.30. The minimum Gasteiger partial charge on any atom is -0.350 e. The van der Waals surface area contributed by atoms with Crippen molar-refractivity contribution in [2.45, 2.75) is 65.6 Å². The average molecular weight is 381 g/mol. The van der Waals surface area contributed by atoms with Gasteiger partial charge in [0.2, 0.25) is 11.8 Å². The number of nitrogens with zero attached hydrogens (tertiary/aromatic N) is 1. The molecule has 0 aromatic heterocycles. The molecule has 1 N–H and O–H groups in total. The first-order valence-electron chi connectivity index (χ1n) is 9.90. The fourth-order valence-corrected chi connectivity index (χ4v) is 3.25. The molecule has 4 heteroatoms. The monoisotopic (exact) mass is 380 g/mol. The summed E-state index contributed by atoms with van der Waals surface area (Å²) in [5.74, 6) is -0.146. The molecule has 0 fully saturated rings. The number of nitrogens with one attached hydrogen (secondary N) is 1. The molecule has 4 nitrogen and oxygen atoms in total. The van der Waals surface area contributed by atoms with Crippen LogP contribution in [0.4, 0.5) is 0 Å². The summed E-state index contributed by atoms with van der Waals surface area (Å²) < 4.78 is 0. The third-order valence-electron chi connectivity index (χ3n) is 4.52. The zero-order valence-corrected chi connectivity index (χ0v) is 17.7. The Hall–Kier alpha value is -2.62. The number of benzene rings is 2. The number of rotatable bonds is 7. The van der Waals surface area contributed by atoms with Gasteiger partial charge in [-0.15, -0.1) is 0 Å². The first-order chi connectivity index (χ1) is 13.2. The maximum Gasteiger partial charge on any atom is 0.243 e. The highest BCUT2D eigenvalue weighted by Gasteiger charge is 2.30. The van der Waals surface area contributed by atoms with Crippen LogP contribution in [-0.2, 0) is 22.6 Å². The molecule has 0 aliphatic carbocycles. The van der Waals surface area contributed by atoms with Crippen LogP contribution in [0, 0.1) is 6.92 Å². The van der Waals surface area contributed by atoms with Gasteiger partial charge in [-0.25, -0.2) is 0 Å². The zero-order chi connectivity index (χ0) is 20.7. The van der Waals surface area contributed by atoms with Gasteiger partial charge >= 0.3 is 0 Å². The lowest BCUT2D eigenvalue weighted by molar-refractivity contribution is -0.141. The fourth-order valence-electron chi connectivity index (χ4n) is 3.25. The van der Waals surface area contributed by atoms with Crippen LogP contribution in [0.1, 0.15) is 50.8 Å². The van der Waals surface area contributed by atoms with Crippen molar-refractivity contribution in [2.24, 2.45) is 0 Å². The lowest BCUT2D eigenvalue weighted by Crippen LogP contribution is -2.53. The largest absolute Gasteiger partial charge is 0.350 e. The molecule has 0 unspecified atom stereocenters. The van der Waals surface area contributed by atoms with Gasteiger partial charge in [0, 0.05) is 12.1 Å². The Labute approximate surface area is 169 Å². The Kier molecular flexibility index (Phi) is 7.38. The van der Waals surface area contributed by atoms with Crippen LogP contribution in [0.25, 0.3) is 0 Å². The maximum absolute atomic E-state index is 13.2. The second-order valence-electron chi connectivity index (χ2n) is 8.34. The smallest absolute Gasteiger partial charge is 0.243 e. The van der Waals surface area contributed by atoms with Crippen molar-refractivity contribution in [1.82, 2.24) is 10.2 Å². The SMILES string of the molecule is CC[C@@H](C(=O)NC(C)(C)C)N(Cc1cccc(C)c1)C(=O)Cc1ccccc1. The van der Waals surface area contributed by atoms with Gasteiger partial charge in [0.05, 0.1) is 6.42 Å². The molecule has 150 valence electrons. The van der Waals surface area contributed by atoms with Crippen molar-refractivity contribution in [3.05, 3.63) is 71.3 Å². The first-order valence-corrected chi connectivity index (χ1v) is 9.90. The first kappa shape index (κ1) is 21.7. The van der Waals surface area contributed by atoms with Crippen LogP contribution in [0.15, 0.2) is 54.6 Å². The molecule has 0 aliphatic rings. The van der Waals surface area contributed by atoms with Gasteiger partial charge in [0.15, 0.2) is 0 Å². The van der Waals surface area contributed by atoms with E-state index in [1.165, 1.54) is 0 Å². The Morgan fingerprint density at radius 3 is 2.21 bits per heavy atom. The van der Waals surface area contributed by atoms with Crippen LogP contribution >= 0.6 is 0 Å². The van der Waals surface area contributed by atoms with Crippen LogP contribution in [0.2, 0.25) is 0 Å². The topological polar surface area (TPSA) is 49.4 Å². The third-order valence-corrected chi connectivity index (χ3v) is 4.52. The van der Waals surface area contributed by atoms with Gasteiger partial charge < -0.3 is 10.2 Å². The molecule has 0 saturated heterocycles. The number of hydrogen-bond donors (Lipinski definition) is 1. The van der Waals surface area contributed by atoms with Gasteiger partial charge in [-0.1, -0.05) is 67.1 Å². The molecule has 0 spiro atoms. The molecule has 0 bridgehead atoms. The summed E-state index contributed by atoms with van der Waals surface area (Å²) in [5.41, 5.74) is 2.78. The lowest BCUT2D eigenvalue weighted by Gasteiger charge is -2.33. The van der Waals surface area contributed by atoms with E-state index in [4.69, 9.17) is 0 Å². The second kappa shape index (κ2) is 9.54. The van der Waals surface area contributed by atoms with Crippen LogP contribution in [-0.4, -0.2) is 28.3 Å². The average Bonchev–Trinajstić information content (AvgIpc) is 2.61. The van der Waals surface area contributed by atoms with E-state index in [0.29, 0.717) is 13.0 Å². The highest BCUT2D eigenvalue weighted by Crippen LogP contribution is 2.16.